The summed E-state index contributed by atoms with van der Waals surface area (Å²) in [6.07, 6.45) is 0.907. The summed E-state index contributed by atoms with van der Waals surface area (Å²) in [6, 6.07) is -0.444. The van der Waals surface area contributed by atoms with Crippen LogP contribution in [0.15, 0.2) is 0 Å². The van der Waals surface area contributed by atoms with E-state index in [1.54, 1.807) is 6.92 Å². The van der Waals surface area contributed by atoms with Gasteiger partial charge < -0.3 is 21.1 Å². The molecule has 1 atom stereocenters. The third kappa shape index (κ3) is 2.86. The standard InChI is InChI=1S/C10H17N3O4/c1-2-10(8(15)16)3-4-13(6-10)9(17)12-5-7(11)14/h2-6H2,1H3,(H2,11,14)(H,12,17)(H,15,16). The van der Waals surface area contributed by atoms with E-state index >= 15 is 0 Å². The van der Waals surface area contributed by atoms with E-state index in [1.165, 1.54) is 4.90 Å². The number of hydrogen-bond acceptors (Lipinski definition) is 3. The first-order valence-electron chi connectivity index (χ1n) is 5.46. The molecule has 1 heterocycles. The first-order valence-corrected chi connectivity index (χ1v) is 5.46. The Balaban J connectivity index is 2.57. The lowest BCUT2D eigenvalue weighted by atomic mass is 9.84. The van der Waals surface area contributed by atoms with Crippen molar-refractivity contribution in [3.05, 3.63) is 0 Å². The van der Waals surface area contributed by atoms with Crippen LogP contribution in [0.4, 0.5) is 4.79 Å². The molecule has 0 aromatic rings. The molecule has 0 aromatic carbocycles. The Morgan fingerprint density at radius 1 is 1.47 bits per heavy atom. The number of carbonyl (C=O) groups is 3. The van der Waals surface area contributed by atoms with E-state index in [0.717, 1.165) is 0 Å². The molecule has 0 spiro atoms. The SMILES string of the molecule is CCC1(C(=O)O)CCN(C(=O)NCC(N)=O)C1. The zero-order valence-corrected chi connectivity index (χ0v) is 9.73. The molecule has 3 amide bonds. The minimum Gasteiger partial charge on any atom is -0.481 e. The lowest BCUT2D eigenvalue weighted by Crippen LogP contribution is -2.44. The van der Waals surface area contributed by atoms with Gasteiger partial charge in [0.15, 0.2) is 0 Å². The largest absolute Gasteiger partial charge is 0.481 e. The van der Waals surface area contributed by atoms with E-state index in [-0.39, 0.29) is 13.1 Å². The highest BCUT2D eigenvalue weighted by atomic mass is 16.4. The molecule has 1 aliphatic heterocycles. The molecule has 0 radical (unpaired) electrons. The summed E-state index contributed by atoms with van der Waals surface area (Å²) < 4.78 is 0. The van der Waals surface area contributed by atoms with Crippen molar-refractivity contribution in [3.8, 4) is 0 Å². The minimum absolute atomic E-state index is 0.170. The van der Waals surface area contributed by atoms with E-state index in [4.69, 9.17) is 10.8 Å². The van der Waals surface area contributed by atoms with Crippen LogP contribution < -0.4 is 11.1 Å². The molecule has 1 unspecified atom stereocenters. The van der Waals surface area contributed by atoms with Gasteiger partial charge in [-0.3, -0.25) is 9.59 Å². The van der Waals surface area contributed by atoms with Crippen LogP contribution in [-0.4, -0.2) is 47.5 Å². The number of carbonyl (C=O) groups excluding carboxylic acids is 2. The Labute approximate surface area is 98.9 Å². The van der Waals surface area contributed by atoms with Crippen molar-refractivity contribution in [2.24, 2.45) is 11.1 Å². The highest BCUT2D eigenvalue weighted by molar-refractivity contribution is 5.84. The molecule has 0 saturated carbocycles. The first kappa shape index (κ1) is 13.3. The van der Waals surface area contributed by atoms with Gasteiger partial charge in [-0.05, 0) is 12.8 Å². The Bertz CT molecular complexity index is 344. The number of carboxylic acids is 1. The molecule has 1 aliphatic rings. The Morgan fingerprint density at radius 3 is 2.53 bits per heavy atom. The topological polar surface area (TPSA) is 113 Å². The normalized spacial score (nSPS) is 23.5. The van der Waals surface area contributed by atoms with E-state index in [2.05, 4.69) is 5.32 Å². The smallest absolute Gasteiger partial charge is 0.317 e. The van der Waals surface area contributed by atoms with Crippen molar-refractivity contribution in [1.82, 2.24) is 10.2 Å². The van der Waals surface area contributed by atoms with Gasteiger partial charge in [-0.15, -0.1) is 0 Å². The summed E-state index contributed by atoms with van der Waals surface area (Å²) in [5.41, 5.74) is 4.04. The predicted molar refractivity (Wildman–Crippen MR) is 59.1 cm³/mol. The summed E-state index contributed by atoms with van der Waals surface area (Å²) in [5, 5.41) is 11.5. The molecule has 7 heteroatoms. The summed E-state index contributed by atoms with van der Waals surface area (Å²) in [5.74, 6) is -1.51. The summed E-state index contributed by atoms with van der Waals surface area (Å²) in [4.78, 5) is 34.7. The Hall–Kier alpha value is -1.79. The number of nitrogens with zero attached hydrogens (tertiary/aromatic N) is 1. The first-order chi connectivity index (χ1) is 7.91. The van der Waals surface area contributed by atoms with Crippen molar-refractivity contribution < 1.29 is 19.5 Å². The molecule has 96 valence electrons. The molecule has 0 aliphatic carbocycles. The molecule has 17 heavy (non-hydrogen) atoms. The third-order valence-corrected chi connectivity index (χ3v) is 3.19. The second-order valence-electron chi connectivity index (χ2n) is 4.24. The number of primary amides is 1. The molecular weight excluding hydrogens is 226 g/mol. The van der Waals surface area contributed by atoms with E-state index in [1.807, 2.05) is 0 Å². The number of rotatable bonds is 4. The van der Waals surface area contributed by atoms with E-state index in [0.29, 0.717) is 19.4 Å². The molecule has 7 nitrogen and oxygen atoms in total. The lowest BCUT2D eigenvalue weighted by molar-refractivity contribution is -0.148. The average molecular weight is 243 g/mol. The number of carboxylic acid groups (broad SMARTS) is 1. The predicted octanol–water partition coefficient (Wildman–Crippen LogP) is -0.632. The molecule has 4 N–H and O–H groups in total. The molecular formula is C10H17N3O4. The van der Waals surface area contributed by atoms with E-state index < -0.39 is 23.3 Å². The van der Waals surface area contributed by atoms with Crippen LogP contribution in [0.2, 0.25) is 0 Å². The van der Waals surface area contributed by atoms with Crippen LogP contribution in [0, 0.1) is 5.41 Å². The number of aliphatic carboxylic acids is 1. The van der Waals surface area contributed by atoms with Crippen LogP contribution >= 0.6 is 0 Å². The second kappa shape index (κ2) is 5.03. The van der Waals surface area contributed by atoms with Crippen LogP contribution in [0.1, 0.15) is 19.8 Å². The Morgan fingerprint density at radius 2 is 2.12 bits per heavy atom. The van der Waals surface area contributed by atoms with E-state index in [9.17, 15) is 14.4 Å². The summed E-state index contributed by atoms with van der Waals surface area (Å²) in [7, 11) is 0. The van der Waals surface area contributed by atoms with Crippen molar-refractivity contribution >= 4 is 17.9 Å². The van der Waals surface area contributed by atoms with Gasteiger partial charge in [0, 0.05) is 13.1 Å². The monoisotopic (exact) mass is 243 g/mol. The van der Waals surface area contributed by atoms with Gasteiger partial charge in [-0.2, -0.15) is 0 Å². The number of urea groups is 1. The van der Waals surface area contributed by atoms with Gasteiger partial charge in [0.1, 0.15) is 0 Å². The number of nitrogens with two attached hydrogens (primary N) is 1. The van der Waals surface area contributed by atoms with Crippen LogP contribution in [0.25, 0.3) is 0 Å². The zero-order chi connectivity index (χ0) is 13.1. The fourth-order valence-corrected chi connectivity index (χ4v) is 1.93. The van der Waals surface area contributed by atoms with Gasteiger partial charge in [0.2, 0.25) is 5.91 Å². The fourth-order valence-electron chi connectivity index (χ4n) is 1.93. The molecule has 0 bridgehead atoms. The van der Waals surface area contributed by atoms with Gasteiger partial charge in [-0.25, -0.2) is 4.79 Å². The number of amides is 3. The maximum Gasteiger partial charge on any atom is 0.317 e. The van der Waals surface area contributed by atoms with Crippen molar-refractivity contribution in [1.29, 1.82) is 0 Å². The van der Waals surface area contributed by atoms with Gasteiger partial charge in [0.05, 0.1) is 12.0 Å². The summed E-state index contributed by atoms with van der Waals surface area (Å²) >= 11 is 0. The molecule has 1 rings (SSSR count). The van der Waals surface area contributed by atoms with Crippen LogP contribution in [0.3, 0.4) is 0 Å². The Kier molecular flexibility index (Phi) is 3.93. The van der Waals surface area contributed by atoms with Crippen molar-refractivity contribution in [3.63, 3.8) is 0 Å². The molecule has 0 aromatic heterocycles. The number of nitrogens with one attached hydrogen (secondary N) is 1. The quantitative estimate of drug-likeness (QED) is 0.610. The number of hydrogen-bond donors (Lipinski definition) is 3. The van der Waals surface area contributed by atoms with Crippen LogP contribution in [0.5, 0.6) is 0 Å². The fraction of sp³-hybridized carbons (Fsp3) is 0.700. The number of likely N-dealkylation sites (tertiary alicyclic amines) is 1. The highest BCUT2D eigenvalue weighted by Crippen LogP contribution is 2.33. The van der Waals surface area contributed by atoms with Crippen LogP contribution in [-0.2, 0) is 9.59 Å². The van der Waals surface area contributed by atoms with Gasteiger partial charge in [0.25, 0.3) is 0 Å². The zero-order valence-electron chi connectivity index (χ0n) is 9.73. The van der Waals surface area contributed by atoms with Gasteiger partial charge in [-0.1, -0.05) is 6.92 Å². The highest BCUT2D eigenvalue weighted by Gasteiger charge is 2.44. The maximum absolute atomic E-state index is 11.6. The third-order valence-electron chi connectivity index (χ3n) is 3.19. The average Bonchev–Trinajstić information content (AvgIpc) is 2.71. The van der Waals surface area contributed by atoms with Crippen molar-refractivity contribution in [2.75, 3.05) is 19.6 Å². The minimum atomic E-state index is -0.884. The van der Waals surface area contributed by atoms with Gasteiger partial charge >= 0.3 is 12.0 Å². The maximum atomic E-state index is 11.6. The molecule has 1 saturated heterocycles. The summed E-state index contributed by atoms with van der Waals surface area (Å²) in [6.45, 7) is 2.11. The van der Waals surface area contributed by atoms with Crippen molar-refractivity contribution in [2.45, 2.75) is 19.8 Å². The molecule has 1 fully saturated rings. The second-order valence-corrected chi connectivity index (χ2v) is 4.24. The lowest BCUT2D eigenvalue weighted by Gasteiger charge is -2.23.